The Morgan fingerprint density at radius 1 is 1.64 bits per heavy atom. The first-order valence-corrected chi connectivity index (χ1v) is 4.41. The van der Waals surface area contributed by atoms with Crippen molar-refractivity contribution in [3.63, 3.8) is 0 Å². The van der Waals surface area contributed by atoms with Crippen LogP contribution < -0.4 is 0 Å². The lowest BCUT2D eigenvalue weighted by atomic mass is 10.4. The van der Waals surface area contributed by atoms with E-state index < -0.39 is 0 Å². The molecule has 0 fully saturated rings. The minimum atomic E-state index is 0.104. The van der Waals surface area contributed by atoms with Crippen LogP contribution in [0.15, 0.2) is 24.8 Å². The second-order valence-corrected chi connectivity index (χ2v) is 3.22. The van der Waals surface area contributed by atoms with E-state index >= 15 is 0 Å². The highest BCUT2D eigenvalue weighted by Crippen LogP contribution is 2.05. The number of nitrogens with one attached hydrogen (secondary N) is 1. The second kappa shape index (κ2) is 3.59. The number of aromatic amines is 1. The van der Waals surface area contributed by atoms with E-state index in [0.717, 1.165) is 5.82 Å². The topological polar surface area (TPSA) is 66.7 Å². The van der Waals surface area contributed by atoms with Gasteiger partial charge >= 0.3 is 0 Å². The van der Waals surface area contributed by atoms with Crippen LogP contribution in [0.1, 0.15) is 5.82 Å². The Labute approximate surface area is 85.4 Å². The summed E-state index contributed by atoms with van der Waals surface area (Å²) in [4.78, 5) is 7.57. The van der Waals surface area contributed by atoms with Gasteiger partial charge in [-0.15, -0.1) is 0 Å². The van der Waals surface area contributed by atoms with Gasteiger partial charge in [0.15, 0.2) is 5.75 Å². The highest BCUT2D eigenvalue weighted by Gasteiger charge is 2.05. The maximum atomic E-state index is 9.06. The highest BCUT2D eigenvalue weighted by molar-refractivity contribution is 7.80. The Balaban J connectivity index is 2.10. The highest BCUT2D eigenvalue weighted by atomic mass is 32.1. The minimum Gasteiger partial charge on any atom is -0.505 e. The van der Waals surface area contributed by atoms with Gasteiger partial charge in [-0.2, -0.15) is 5.10 Å². The quantitative estimate of drug-likeness (QED) is 0.714. The van der Waals surface area contributed by atoms with Gasteiger partial charge in [0, 0.05) is 12.4 Å². The van der Waals surface area contributed by atoms with Gasteiger partial charge in [0.1, 0.15) is 10.8 Å². The van der Waals surface area contributed by atoms with Crippen molar-refractivity contribution in [3.05, 3.63) is 30.6 Å². The normalized spacial score (nSPS) is 10.3. The van der Waals surface area contributed by atoms with Gasteiger partial charge in [-0.05, 0) is 0 Å². The van der Waals surface area contributed by atoms with Gasteiger partial charge in [-0.3, -0.25) is 0 Å². The molecule has 0 bridgehead atoms. The Bertz CT molecular complexity index is 434. The molecule has 0 unspecified atom stereocenters. The molecule has 0 spiro atoms. The van der Waals surface area contributed by atoms with Crippen molar-refractivity contribution in [2.45, 2.75) is 6.42 Å². The zero-order valence-corrected chi connectivity index (χ0v) is 8.03. The first-order chi connectivity index (χ1) is 6.75. The number of thiocarbonyl (C=S) groups is 1. The summed E-state index contributed by atoms with van der Waals surface area (Å²) in [7, 11) is 0. The van der Waals surface area contributed by atoms with Crippen LogP contribution in [0, 0.1) is 0 Å². The molecule has 2 aromatic rings. The van der Waals surface area contributed by atoms with Crippen LogP contribution in [0.2, 0.25) is 0 Å². The van der Waals surface area contributed by atoms with Crippen LogP contribution in [-0.4, -0.2) is 29.8 Å². The molecule has 0 aliphatic heterocycles. The lowest BCUT2D eigenvalue weighted by molar-refractivity contribution is 0.475. The number of imidazole rings is 1. The third kappa shape index (κ3) is 1.80. The van der Waals surface area contributed by atoms with E-state index in [1.165, 1.54) is 17.1 Å². The largest absolute Gasteiger partial charge is 0.505 e. The first kappa shape index (κ1) is 8.89. The number of hydrogen-bond acceptors (Lipinski definition) is 4. The third-order valence-electron chi connectivity index (χ3n) is 1.70. The van der Waals surface area contributed by atoms with Crippen molar-refractivity contribution in [1.82, 2.24) is 19.7 Å². The van der Waals surface area contributed by atoms with Crippen molar-refractivity contribution in [3.8, 4) is 5.75 Å². The lowest BCUT2D eigenvalue weighted by Crippen LogP contribution is -2.13. The fourth-order valence-corrected chi connectivity index (χ4v) is 1.31. The molecule has 2 aromatic heterocycles. The molecule has 0 aliphatic carbocycles. The predicted octanol–water partition coefficient (Wildman–Crippen LogP) is 0.730. The van der Waals surface area contributed by atoms with E-state index in [0.29, 0.717) is 11.4 Å². The zero-order chi connectivity index (χ0) is 9.97. The zero-order valence-electron chi connectivity index (χ0n) is 7.21. The summed E-state index contributed by atoms with van der Waals surface area (Å²) >= 11 is 5.11. The van der Waals surface area contributed by atoms with E-state index in [2.05, 4.69) is 15.1 Å². The van der Waals surface area contributed by atoms with Crippen molar-refractivity contribution in [2.75, 3.05) is 0 Å². The molecule has 2 rings (SSSR count). The molecular weight excluding hydrogens is 200 g/mol. The summed E-state index contributed by atoms with van der Waals surface area (Å²) in [5, 5.41) is 12.9. The number of nitrogens with zero attached hydrogens (tertiary/aromatic N) is 3. The molecule has 6 heteroatoms. The van der Waals surface area contributed by atoms with Gasteiger partial charge in [0.2, 0.25) is 0 Å². The molecule has 0 amide bonds. The van der Waals surface area contributed by atoms with Crippen molar-refractivity contribution < 1.29 is 5.11 Å². The number of rotatable bonds is 2. The average molecular weight is 208 g/mol. The van der Waals surface area contributed by atoms with Crippen molar-refractivity contribution in [2.24, 2.45) is 0 Å². The van der Waals surface area contributed by atoms with Gasteiger partial charge in [0.05, 0.1) is 18.8 Å². The van der Waals surface area contributed by atoms with Crippen molar-refractivity contribution >= 4 is 17.2 Å². The molecule has 0 aromatic carbocycles. The Kier molecular flexibility index (Phi) is 2.28. The maximum absolute atomic E-state index is 9.06. The standard InChI is InChI=1S/C8H8N4OS/c13-6-4-11-12(5-6)8(14)3-7-9-1-2-10-7/h1-2,4-5,13H,3H2,(H,9,10). The summed E-state index contributed by atoms with van der Waals surface area (Å²) in [6, 6.07) is 0. The average Bonchev–Trinajstić information content (AvgIpc) is 2.75. The summed E-state index contributed by atoms with van der Waals surface area (Å²) in [5.74, 6) is 0.886. The van der Waals surface area contributed by atoms with Gasteiger partial charge < -0.3 is 10.1 Å². The monoisotopic (exact) mass is 208 g/mol. The first-order valence-electron chi connectivity index (χ1n) is 4.01. The van der Waals surface area contributed by atoms with Crippen LogP contribution in [0.3, 0.4) is 0 Å². The van der Waals surface area contributed by atoms with Crippen LogP contribution >= 0.6 is 12.2 Å². The van der Waals surface area contributed by atoms with Gasteiger partial charge in [-0.1, -0.05) is 12.2 Å². The van der Waals surface area contributed by atoms with Gasteiger partial charge in [-0.25, -0.2) is 9.67 Å². The SMILES string of the molecule is Oc1cnn(C(=S)Cc2ncc[nH]2)c1. The third-order valence-corrected chi connectivity index (χ3v) is 2.03. The lowest BCUT2D eigenvalue weighted by Gasteiger charge is -1.99. The van der Waals surface area contributed by atoms with Crippen LogP contribution in [0.25, 0.3) is 0 Å². The molecule has 5 nitrogen and oxygen atoms in total. The Hall–Kier alpha value is -1.69. The minimum absolute atomic E-state index is 0.104. The fraction of sp³-hybridized carbons (Fsp3) is 0.125. The molecular formula is C8H8N4OS. The summed E-state index contributed by atoms with van der Waals surface area (Å²) in [6.07, 6.45) is 6.71. The molecule has 2 heterocycles. The van der Waals surface area contributed by atoms with E-state index in [4.69, 9.17) is 17.3 Å². The molecule has 0 saturated carbocycles. The molecule has 0 aliphatic rings. The summed E-state index contributed by atoms with van der Waals surface area (Å²) in [6.45, 7) is 0. The summed E-state index contributed by atoms with van der Waals surface area (Å²) < 4.78 is 1.45. The Morgan fingerprint density at radius 2 is 2.50 bits per heavy atom. The number of H-pyrrole nitrogens is 1. The van der Waals surface area contributed by atoms with Crippen LogP contribution in [0.4, 0.5) is 0 Å². The predicted molar refractivity (Wildman–Crippen MR) is 54.2 cm³/mol. The van der Waals surface area contributed by atoms with Crippen LogP contribution in [-0.2, 0) is 6.42 Å². The second-order valence-electron chi connectivity index (χ2n) is 2.75. The van der Waals surface area contributed by atoms with E-state index in [9.17, 15) is 0 Å². The van der Waals surface area contributed by atoms with E-state index in [1.807, 2.05) is 0 Å². The maximum Gasteiger partial charge on any atom is 0.153 e. The molecule has 2 N–H and O–H groups in total. The Morgan fingerprint density at radius 3 is 3.07 bits per heavy atom. The number of aromatic nitrogens is 4. The van der Waals surface area contributed by atoms with Crippen LogP contribution in [0.5, 0.6) is 5.75 Å². The molecule has 0 saturated heterocycles. The smallest absolute Gasteiger partial charge is 0.153 e. The fourth-order valence-electron chi connectivity index (χ4n) is 1.07. The molecule has 0 atom stereocenters. The van der Waals surface area contributed by atoms with Crippen molar-refractivity contribution in [1.29, 1.82) is 0 Å². The number of aromatic hydroxyl groups is 1. The molecule has 14 heavy (non-hydrogen) atoms. The summed E-state index contributed by atoms with van der Waals surface area (Å²) in [5.41, 5.74) is 0. The van der Waals surface area contributed by atoms with E-state index in [1.54, 1.807) is 12.4 Å². The molecule has 0 radical (unpaired) electrons. The van der Waals surface area contributed by atoms with Gasteiger partial charge in [0.25, 0.3) is 0 Å². The molecule has 72 valence electrons. The number of hydrogen-bond donors (Lipinski definition) is 2. The van der Waals surface area contributed by atoms with E-state index in [-0.39, 0.29) is 5.75 Å².